The molecule has 44 valence electrons. The van der Waals surface area contributed by atoms with E-state index in [2.05, 4.69) is 22.9 Å². The largest absolute Gasteiger partial charge is 0.496 e. The monoisotopic (exact) mass is 111 g/mol. The number of hydrogen-bond acceptors (Lipinski definition) is 2. The summed E-state index contributed by atoms with van der Waals surface area (Å²) in [6, 6.07) is 0. The third kappa shape index (κ3) is 3.15. The summed E-state index contributed by atoms with van der Waals surface area (Å²) in [6.07, 6.45) is 2.91. The van der Waals surface area contributed by atoms with Crippen molar-refractivity contribution >= 4 is 6.21 Å². The first-order valence-corrected chi connectivity index (χ1v) is 2.18. The van der Waals surface area contributed by atoms with Crippen LogP contribution in [0.1, 0.15) is 0 Å². The molecule has 0 aliphatic rings. The van der Waals surface area contributed by atoms with Gasteiger partial charge in [-0.1, -0.05) is 13.2 Å². The number of nitrogens with zero attached hydrogens (tertiary/aromatic N) is 1. The van der Waals surface area contributed by atoms with Crippen LogP contribution in [0.2, 0.25) is 0 Å². The Bertz CT molecular complexity index is 116. The zero-order valence-electron chi connectivity index (χ0n) is 4.92. The van der Waals surface area contributed by atoms with Crippen LogP contribution in [0, 0.1) is 0 Å². The van der Waals surface area contributed by atoms with E-state index in [-0.39, 0.29) is 0 Å². The van der Waals surface area contributed by atoms with Crippen molar-refractivity contribution in [3.63, 3.8) is 0 Å². The first kappa shape index (κ1) is 6.95. The second-order valence-electron chi connectivity index (χ2n) is 1.13. The van der Waals surface area contributed by atoms with Gasteiger partial charge in [-0.25, -0.2) is 0 Å². The zero-order valence-corrected chi connectivity index (χ0v) is 4.92. The van der Waals surface area contributed by atoms with Gasteiger partial charge in [0, 0.05) is 6.20 Å². The van der Waals surface area contributed by atoms with Crippen LogP contribution in [-0.4, -0.2) is 13.3 Å². The van der Waals surface area contributed by atoms with Gasteiger partial charge in [0.1, 0.15) is 5.76 Å². The molecule has 0 amide bonds. The Labute approximate surface area is 49.2 Å². The molecule has 0 rings (SSSR count). The lowest BCUT2D eigenvalue weighted by Gasteiger charge is -1.91. The number of hydrogen-bond donors (Lipinski definition) is 0. The van der Waals surface area contributed by atoms with Gasteiger partial charge < -0.3 is 4.74 Å². The van der Waals surface area contributed by atoms with Crippen molar-refractivity contribution in [3.8, 4) is 0 Å². The van der Waals surface area contributed by atoms with E-state index < -0.39 is 0 Å². The van der Waals surface area contributed by atoms with Gasteiger partial charge in [0.15, 0.2) is 0 Å². The molecule has 8 heavy (non-hydrogen) atoms. The van der Waals surface area contributed by atoms with Crippen molar-refractivity contribution in [2.45, 2.75) is 0 Å². The van der Waals surface area contributed by atoms with Crippen LogP contribution in [0.5, 0.6) is 0 Å². The summed E-state index contributed by atoms with van der Waals surface area (Å²) >= 11 is 0. The molecule has 0 aromatic heterocycles. The van der Waals surface area contributed by atoms with Crippen molar-refractivity contribution < 1.29 is 4.74 Å². The Balaban J connectivity index is 3.52. The van der Waals surface area contributed by atoms with E-state index in [1.165, 1.54) is 19.5 Å². The molecule has 0 N–H and O–H groups in total. The summed E-state index contributed by atoms with van der Waals surface area (Å²) in [7, 11) is 1.54. The molecule has 0 aliphatic heterocycles. The molecule has 0 atom stereocenters. The lowest BCUT2D eigenvalue weighted by molar-refractivity contribution is 0.319. The normalized spacial score (nSPS) is 9.12. The Kier molecular flexibility index (Phi) is 3.58. The first-order chi connectivity index (χ1) is 3.81. The van der Waals surface area contributed by atoms with Crippen LogP contribution in [0.15, 0.2) is 30.1 Å². The average molecular weight is 111 g/mol. The molecule has 0 bridgehead atoms. The number of allylic oxidation sites excluding steroid dienone is 1. The minimum absolute atomic E-state index is 0.532. The molecular formula is C6H9NO. The summed E-state index contributed by atoms with van der Waals surface area (Å²) in [5.74, 6) is 0.532. The maximum atomic E-state index is 4.66. The van der Waals surface area contributed by atoms with Crippen LogP contribution in [0.4, 0.5) is 0 Å². The smallest absolute Gasteiger partial charge is 0.129 e. The molecule has 0 spiro atoms. The molecule has 0 radical (unpaired) electrons. The van der Waals surface area contributed by atoms with Gasteiger partial charge in [0.05, 0.1) is 13.3 Å². The van der Waals surface area contributed by atoms with Crippen LogP contribution in [-0.2, 0) is 4.74 Å². The molecule has 0 aromatic carbocycles. The fourth-order valence-corrected chi connectivity index (χ4v) is 0.189. The Morgan fingerprint density at radius 1 is 1.75 bits per heavy atom. The van der Waals surface area contributed by atoms with E-state index in [4.69, 9.17) is 0 Å². The summed E-state index contributed by atoms with van der Waals surface area (Å²) < 4.78 is 4.66. The molecule has 0 saturated carbocycles. The molecule has 0 aliphatic carbocycles. The van der Waals surface area contributed by atoms with Gasteiger partial charge in [-0.15, -0.1) is 0 Å². The lowest BCUT2D eigenvalue weighted by Crippen LogP contribution is -1.82. The Morgan fingerprint density at radius 2 is 2.38 bits per heavy atom. The second kappa shape index (κ2) is 4.12. The standard InChI is InChI=1S/C6H9NO/c1-4-7-5-6(2)8-3/h4-5H,1-2H2,3H3. The molecule has 0 fully saturated rings. The van der Waals surface area contributed by atoms with Gasteiger partial charge >= 0.3 is 0 Å². The van der Waals surface area contributed by atoms with Crippen molar-refractivity contribution in [1.29, 1.82) is 0 Å². The maximum absolute atomic E-state index is 4.66. The summed E-state index contributed by atoms with van der Waals surface area (Å²) in [6.45, 7) is 6.86. The number of rotatable bonds is 3. The van der Waals surface area contributed by atoms with Crippen molar-refractivity contribution in [2.75, 3.05) is 7.11 Å². The van der Waals surface area contributed by atoms with Gasteiger partial charge in [-0.2, -0.15) is 0 Å². The summed E-state index contributed by atoms with van der Waals surface area (Å²) in [5.41, 5.74) is 0. The van der Waals surface area contributed by atoms with Gasteiger partial charge in [-0.05, 0) is 0 Å². The molecule has 0 saturated heterocycles. The summed E-state index contributed by atoms with van der Waals surface area (Å²) in [4.78, 5) is 3.66. The van der Waals surface area contributed by atoms with Crippen molar-refractivity contribution in [3.05, 3.63) is 25.1 Å². The minimum atomic E-state index is 0.532. The predicted molar refractivity (Wildman–Crippen MR) is 34.8 cm³/mol. The summed E-state index contributed by atoms with van der Waals surface area (Å²) in [5, 5.41) is 0. The Morgan fingerprint density at radius 3 is 2.75 bits per heavy atom. The highest BCUT2D eigenvalue weighted by atomic mass is 16.5. The fourth-order valence-electron chi connectivity index (χ4n) is 0.189. The predicted octanol–water partition coefficient (Wildman–Crippen LogP) is 1.36. The van der Waals surface area contributed by atoms with E-state index in [0.717, 1.165) is 0 Å². The number of methoxy groups -OCH3 is 1. The molecule has 2 nitrogen and oxygen atoms in total. The van der Waals surface area contributed by atoms with Crippen molar-refractivity contribution in [1.82, 2.24) is 0 Å². The van der Waals surface area contributed by atoms with Gasteiger partial charge in [0.25, 0.3) is 0 Å². The highest BCUT2D eigenvalue weighted by molar-refractivity contribution is 5.75. The van der Waals surface area contributed by atoms with E-state index >= 15 is 0 Å². The molecule has 0 aromatic rings. The van der Waals surface area contributed by atoms with Crippen LogP contribution in [0.25, 0.3) is 0 Å². The quantitative estimate of drug-likeness (QED) is 0.398. The fraction of sp³-hybridized carbons (Fsp3) is 0.167. The van der Waals surface area contributed by atoms with Crippen LogP contribution in [0.3, 0.4) is 0 Å². The van der Waals surface area contributed by atoms with E-state index in [9.17, 15) is 0 Å². The van der Waals surface area contributed by atoms with E-state index in [0.29, 0.717) is 5.76 Å². The van der Waals surface area contributed by atoms with Crippen molar-refractivity contribution in [2.24, 2.45) is 4.99 Å². The van der Waals surface area contributed by atoms with E-state index in [1.807, 2.05) is 0 Å². The number of aliphatic imine (C=N–C) groups is 1. The second-order valence-corrected chi connectivity index (χ2v) is 1.13. The SMILES string of the molecule is C=CN=CC(=C)OC. The Hall–Kier alpha value is -1.05. The molecular weight excluding hydrogens is 102 g/mol. The maximum Gasteiger partial charge on any atom is 0.129 e. The third-order valence-electron chi connectivity index (χ3n) is 0.586. The lowest BCUT2D eigenvalue weighted by atomic mass is 10.6. The average Bonchev–Trinajstić information content (AvgIpc) is 1.83. The molecule has 2 heteroatoms. The van der Waals surface area contributed by atoms with E-state index in [1.54, 1.807) is 0 Å². The van der Waals surface area contributed by atoms with Gasteiger partial charge in [0.2, 0.25) is 0 Å². The minimum Gasteiger partial charge on any atom is -0.496 e. The van der Waals surface area contributed by atoms with Crippen LogP contribution >= 0.6 is 0 Å². The van der Waals surface area contributed by atoms with Gasteiger partial charge in [-0.3, -0.25) is 4.99 Å². The molecule has 0 heterocycles. The molecule has 0 unspecified atom stereocenters. The third-order valence-corrected chi connectivity index (χ3v) is 0.586. The topological polar surface area (TPSA) is 21.6 Å². The number of ether oxygens (including phenoxy) is 1. The first-order valence-electron chi connectivity index (χ1n) is 2.18. The highest BCUT2D eigenvalue weighted by Crippen LogP contribution is 1.82. The highest BCUT2D eigenvalue weighted by Gasteiger charge is 1.77. The zero-order chi connectivity index (χ0) is 6.41. The van der Waals surface area contributed by atoms with Crippen LogP contribution < -0.4 is 0 Å².